The first-order valence-electron chi connectivity index (χ1n) is 7.95. The minimum Gasteiger partial charge on any atom is -0.335 e. The Morgan fingerprint density at radius 1 is 1.19 bits per heavy atom. The van der Waals surface area contributed by atoms with Crippen LogP contribution in [0.5, 0.6) is 0 Å². The van der Waals surface area contributed by atoms with Gasteiger partial charge in [0.25, 0.3) is 0 Å². The molecule has 0 radical (unpaired) electrons. The van der Waals surface area contributed by atoms with Crippen molar-refractivity contribution < 1.29 is 4.79 Å². The minimum absolute atomic E-state index is 0.138. The zero-order valence-electron chi connectivity index (χ0n) is 14.3. The van der Waals surface area contributed by atoms with E-state index in [0.717, 1.165) is 11.3 Å². The molecule has 2 aromatic carbocycles. The molecule has 1 amide bonds. The Hall–Kier alpha value is -2.51. The van der Waals surface area contributed by atoms with Gasteiger partial charge in [0, 0.05) is 11.3 Å². The molecule has 1 aromatic heterocycles. The number of anilines is 1. The van der Waals surface area contributed by atoms with Crippen molar-refractivity contribution in [1.82, 2.24) is 14.9 Å². The molecule has 0 aliphatic heterocycles. The van der Waals surface area contributed by atoms with E-state index in [-0.39, 0.29) is 5.91 Å². The van der Waals surface area contributed by atoms with E-state index in [0.29, 0.717) is 21.6 Å². The van der Waals surface area contributed by atoms with Crippen molar-refractivity contribution in [3.8, 4) is 11.4 Å². The van der Waals surface area contributed by atoms with Gasteiger partial charge in [-0.25, -0.2) is 4.68 Å². The third kappa shape index (κ3) is 4.00. The second kappa shape index (κ2) is 7.80. The van der Waals surface area contributed by atoms with Crippen molar-refractivity contribution in [2.24, 2.45) is 0 Å². The number of halogens is 1. The molecule has 134 valence electrons. The number of nitrogen functional groups attached to an aromatic ring is 1. The van der Waals surface area contributed by atoms with Crippen molar-refractivity contribution in [2.75, 3.05) is 11.2 Å². The summed E-state index contributed by atoms with van der Waals surface area (Å²) >= 11 is 7.42. The van der Waals surface area contributed by atoms with Crippen LogP contribution in [0.4, 0.5) is 5.69 Å². The fourth-order valence-corrected chi connectivity index (χ4v) is 3.27. The van der Waals surface area contributed by atoms with Crippen molar-refractivity contribution in [3.63, 3.8) is 0 Å². The maximum absolute atomic E-state index is 12.4. The standard InChI is InChI=1S/C18H18ClN5OS/c1-11-7-9-13(10-8-11)21-17(25)12(2)26-18-23-22-16(24(18)20)14-5-3-4-6-15(14)19/h3-10,12H,20H2,1-2H3,(H,21,25)/t12-/m0/s1. The second-order valence-corrected chi connectivity index (χ2v) is 7.49. The van der Waals surface area contributed by atoms with Gasteiger partial charge in [-0.15, -0.1) is 10.2 Å². The normalized spacial score (nSPS) is 12.0. The molecule has 1 atom stereocenters. The number of carbonyl (C=O) groups excluding carboxylic acids is 1. The van der Waals surface area contributed by atoms with E-state index in [1.165, 1.54) is 16.4 Å². The first kappa shape index (κ1) is 18.3. The van der Waals surface area contributed by atoms with Gasteiger partial charge in [-0.2, -0.15) is 0 Å². The second-order valence-electron chi connectivity index (χ2n) is 5.77. The molecule has 0 aliphatic rings. The summed E-state index contributed by atoms with van der Waals surface area (Å²) in [6, 6.07) is 14.9. The van der Waals surface area contributed by atoms with E-state index < -0.39 is 5.25 Å². The SMILES string of the molecule is Cc1ccc(NC(=O)[C@H](C)Sc2nnc(-c3ccccc3Cl)n2N)cc1. The van der Waals surface area contributed by atoms with E-state index in [9.17, 15) is 4.79 Å². The van der Waals surface area contributed by atoms with Gasteiger partial charge in [-0.05, 0) is 38.1 Å². The van der Waals surface area contributed by atoms with Crippen LogP contribution in [-0.4, -0.2) is 26.0 Å². The maximum Gasteiger partial charge on any atom is 0.237 e. The minimum atomic E-state index is -0.401. The Morgan fingerprint density at radius 2 is 1.88 bits per heavy atom. The number of carbonyl (C=O) groups is 1. The highest BCUT2D eigenvalue weighted by atomic mass is 35.5. The summed E-state index contributed by atoms with van der Waals surface area (Å²) in [5.74, 6) is 6.41. The van der Waals surface area contributed by atoms with Gasteiger partial charge in [-0.1, -0.05) is 53.2 Å². The zero-order chi connectivity index (χ0) is 18.7. The summed E-state index contributed by atoms with van der Waals surface area (Å²) < 4.78 is 1.35. The third-order valence-electron chi connectivity index (χ3n) is 3.75. The van der Waals surface area contributed by atoms with Crippen LogP contribution >= 0.6 is 23.4 Å². The van der Waals surface area contributed by atoms with E-state index >= 15 is 0 Å². The fourth-order valence-electron chi connectivity index (χ4n) is 2.28. The van der Waals surface area contributed by atoms with Crippen molar-refractivity contribution >= 4 is 35.0 Å². The predicted molar refractivity (Wildman–Crippen MR) is 106 cm³/mol. The number of hydrogen-bond acceptors (Lipinski definition) is 5. The number of thioether (sulfide) groups is 1. The first-order valence-corrected chi connectivity index (χ1v) is 9.21. The number of aromatic nitrogens is 3. The lowest BCUT2D eigenvalue weighted by Crippen LogP contribution is -2.23. The zero-order valence-corrected chi connectivity index (χ0v) is 15.9. The summed E-state index contributed by atoms with van der Waals surface area (Å²) in [5.41, 5.74) is 2.57. The number of rotatable bonds is 5. The highest BCUT2D eigenvalue weighted by molar-refractivity contribution is 8.00. The first-order chi connectivity index (χ1) is 12.5. The van der Waals surface area contributed by atoms with Crippen LogP contribution in [0.15, 0.2) is 53.7 Å². The molecular formula is C18H18ClN5OS. The van der Waals surface area contributed by atoms with Crippen molar-refractivity contribution in [1.29, 1.82) is 0 Å². The molecule has 0 bridgehead atoms. The van der Waals surface area contributed by atoms with Gasteiger partial charge in [0.05, 0.1) is 10.3 Å². The molecule has 0 unspecified atom stereocenters. The summed E-state index contributed by atoms with van der Waals surface area (Å²) in [7, 11) is 0. The molecule has 0 saturated carbocycles. The molecular weight excluding hydrogens is 370 g/mol. The van der Waals surface area contributed by atoms with Crippen LogP contribution in [0.1, 0.15) is 12.5 Å². The molecule has 0 aliphatic carbocycles. The smallest absolute Gasteiger partial charge is 0.237 e. The van der Waals surface area contributed by atoms with E-state index in [1.54, 1.807) is 13.0 Å². The largest absolute Gasteiger partial charge is 0.335 e. The fraction of sp³-hybridized carbons (Fsp3) is 0.167. The molecule has 3 aromatic rings. The Labute approximate surface area is 160 Å². The summed E-state index contributed by atoms with van der Waals surface area (Å²) in [4.78, 5) is 12.4. The molecule has 3 rings (SSSR count). The molecule has 0 saturated heterocycles. The van der Waals surface area contributed by atoms with Crippen molar-refractivity contribution in [2.45, 2.75) is 24.3 Å². The van der Waals surface area contributed by atoms with Gasteiger partial charge in [0.15, 0.2) is 5.82 Å². The van der Waals surface area contributed by atoms with Crippen LogP contribution in [-0.2, 0) is 4.79 Å². The van der Waals surface area contributed by atoms with Crippen LogP contribution in [0.25, 0.3) is 11.4 Å². The third-order valence-corrected chi connectivity index (χ3v) is 5.14. The molecule has 0 fully saturated rings. The lowest BCUT2D eigenvalue weighted by Gasteiger charge is -2.12. The number of aryl methyl sites for hydroxylation is 1. The highest BCUT2D eigenvalue weighted by Gasteiger charge is 2.20. The summed E-state index contributed by atoms with van der Waals surface area (Å²) in [6.45, 7) is 3.78. The molecule has 6 nitrogen and oxygen atoms in total. The quantitative estimate of drug-likeness (QED) is 0.514. The van der Waals surface area contributed by atoms with Crippen LogP contribution in [0.2, 0.25) is 5.02 Å². The van der Waals surface area contributed by atoms with Gasteiger partial charge >= 0.3 is 0 Å². The van der Waals surface area contributed by atoms with Gasteiger partial charge in [0.1, 0.15) is 0 Å². The number of nitrogens with two attached hydrogens (primary N) is 1. The molecule has 1 heterocycles. The number of nitrogens with zero attached hydrogens (tertiary/aromatic N) is 3. The van der Waals surface area contributed by atoms with Crippen LogP contribution < -0.4 is 11.2 Å². The Balaban J connectivity index is 1.71. The lowest BCUT2D eigenvalue weighted by atomic mass is 10.2. The van der Waals surface area contributed by atoms with Gasteiger partial charge in [-0.3, -0.25) is 4.79 Å². The van der Waals surface area contributed by atoms with Gasteiger partial charge < -0.3 is 11.2 Å². The summed E-state index contributed by atoms with van der Waals surface area (Å²) in [6.07, 6.45) is 0. The van der Waals surface area contributed by atoms with E-state index in [2.05, 4.69) is 15.5 Å². The molecule has 0 spiro atoms. The highest BCUT2D eigenvalue weighted by Crippen LogP contribution is 2.29. The van der Waals surface area contributed by atoms with Gasteiger partial charge in [0.2, 0.25) is 11.1 Å². The Kier molecular flexibility index (Phi) is 5.49. The van der Waals surface area contributed by atoms with E-state index in [4.69, 9.17) is 17.4 Å². The molecule has 3 N–H and O–H groups in total. The van der Waals surface area contributed by atoms with E-state index in [1.807, 2.05) is 49.4 Å². The number of benzene rings is 2. The van der Waals surface area contributed by atoms with Crippen LogP contribution in [0.3, 0.4) is 0 Å². The number of amides is 1. The van der Waals surface area contributed by atoms with Crippen LogP contribution in [0, 0.1) is 6.92 Å². The predicted octanol–water partition coefficient (Wildman–Crippen LogP) is 3.74. The Morgan fingerprint density at radius 3 is 2.58 bits per heavy atom. The average Bonchev–Trinajstić information content (AvgIpc) is 2.98. The Bertz CT molecular complexity index is 926. The average molecular weight is 388 g/mol. The number of nitrogens with one attached hydrogen (secondary N) is 1. The molecule has 26 heavy (non-hydrogen) atoms. The number of hydrogen-bond donors (Lipinski definition) is 2. The summed E-state index contributed by atoms with van der Waals surface area (Å²) in [5, 5.41) is 11.6. The van der Waals surface area contributed by atoms with Crippen molar-refractivity contribution in [3.05, 3.63) is 59.1 Å². The topological polar surface area (TPSA) is 85.8 Å². The monoisotopic (exact) mass is 387 g/mol. The lowest BCUT2D eigenvalue weighted by molar-refractivity contribution is -0.115. The maximum atomic E-state index is 12.4. The molecule has 8 heteroatoms.